The van der Waals surface area contributed by atoms with Gasteiger partial charge >= 0.3 is 0 Å². The van der Waals surface area contributed by atoms with Crippen LogP contribution < -0.4 is 5.32 Å². The third kappa shape index (κ3) is 4.06. The first kappa shape index (κ1) is 14.1. The fourth-order valence-electron chi connectivity index (χ4n) is 1.66. The van der Waals surface area contributed by atoms with E-state index in [1.54, 1.807) is 11.8 Å². The fourth-order valence-corrected chi connectivity index (χ4v) is 2.86. The minimum Gasteiger partial charge on any atom is -0.300 e. The molecule has 0 bridgehead atoms. The van der Waals surface area contributed by atoms with Gasteiger partial charge in [-0.2, -0.15) is 10.4 Å². The first-order valence-electron chi connectivity index (χ1n) is 5.80. The maximum Gasteiger partial charge on any atom is 0.104 e. The predicted octanol–water partition coefficient (Wildman–Crippen LogP) is 2.10. The molecule has 0 aromatic carbocycles. The van der Waals surface area contributed by atoms with Crippen molar-refractivity contribution in [3.05, 3.63) is 11.8 Å². The molecule has 1 unspecified atom stereocenters. The largest absolute Gasteiger partial charge is 0.300 e. The molecule has 94 valence electrons. The second-order valence-corrected chi connectivity index (χ2v) is 5.44. The molecule has 0 fully saturated rings. The summed E-state index contributed by atoms with van der Waals surface area (Å²) in [4.78, 5) is 0. The second-order valence-electron chi connectivity index (χ2n) is 4.32. The third-order valence-corrected chi connectivity index (χ3v) is 3.71. The van der Waals surface area contributed by atoms with Crippen molar-refractivity contribution in [2.75, 3.05) is 12.3 Å². The summed E-state index contributed by atoms with van der Waals surface area (Å²) < 4.78 is 1.89. The Morgan fingerprint density at radius 3 is 2.82 bits per heavy atom. The Labute approximate surface area is 107 Å². The zero-order valence-electron chi connectivity index (χ0n) is 10.9. The maximum absolute atomic E-state index is 9.13. The van der Waals surface area contributed by atoms with Crippen LogP contribution in [0.5, 0.6) is 0 Å². The fraction of sp³-hybridized carbons (Fsp3) is 0.667. The van der Waals surface area contributed by atoms with Gasteiger partial charge < -0.3 is 0 Å². The molecule has 0 spiro atoms. The van der Waals surface area contributed by atoms with Crippen LogP contribution in [0.15, 0.2) is 11.1 Å². The highest BCUT2D eigenvalue weighted by Gasteiger charge is 2.21. The molecule has 0 aliphatic carbocycles. The molecule has 0 aliphatic heterocycles. The summed E-state index contributed by atoms with van der Waals surface area (Å²) in [6.07, 6.45) is 0.826. The van der Waals surface area contributed by atoms with Crippen molar-refractivity contribution in [3.8, 4) is 6.07 Å². The van der Waals surface area contributed by atoms with Gasteiger partial charge in [0.2, 0.25) is 0 Å². The molecule has 0 radical (unpaired) electrons. The number of hydrogen-bond donors (Lipinski definition) is 1. The first-order valence-corrected chi connectivity index (χ1v) is 6.79. The number of nitrogens with zero attached hydrogens (tertiary/aromatic N) is 3. The monoisotopic (exact) mass is 252 g/mol. The normalized spacial score (nSPS) is 14.3. The molecule has 0 amide bonds. The lowest BCUT2D eigenvalue weighted by Gasteiger charge is -2.21. The summed E-state index contributed by atoms with van der Waals surface area (Å²) in [5.41, 5.74) is 0.611. The lowest BCUT2D eigenvalue weighted by atomic mass is 10.0. The van der Waals surface area contributed by atoms with Crippen LogP contribution in [0, 0.1) is 18.3 Å². The molecule has 0 saturated heterocycles. The third-order valence-electron chi connectivity index (χ3n) is 2.62. The Balaban J connectivity index is 2.47. The van der Waals surface area contributed by atoms with Crippen LogP contribution in [0.4, 0.5) is 0 Å². The standard InChI is InChI=1S/C12H20N4S/c1-5-14-12(3,9-13)6-7-17-11-8-10(2)15-16(11)4/h8,14H,5-7H2,1-4H3. The van der Waals surface area contributed by atoms with Crippen LogP contribution >= 0.6 is 11.8 Å². The number of thioether (sulfide) groups is 1. The molecule has 1 rings (SSSR count). The van der Waals surface area contributed by atoms with Crippen LogP contribution in [0.1, 0.15) is 26.0 Å². The molecule has 1 N–H and O–H groups in total. The summed E-state index contributed by atoms with van der Waals surface area (Å²) in [7, 11) is 1.95. The summed E-state index contributed by atoms with van der Waals surface area (Å²) in [5.74, 6) is 0.913. The van der Waals surface area contributed by atoms with Crippen LogP contribution in [-0.4, -0.2) is 27.6 Å². The van der Waals surface area contributed by atoms with Crippen LogP contribution in [0.2, 0.25) is 0 Å². The molecular weight excluding hydrogens is 232 g/mol. The van der Waals surface area contributed by atoms with Gasteiger partial charge in [0.1, 0.15) is 5.54 Å². The summed E-state index contributed by atoms with van der Waals surface area (Å²) in [6, 6.07) is 4.41. The van der Waals surface area contributed by atoms with Gasteiger partial charge in [0.05, 0.1) is 16.8 Å². The second kappa shape index (κ2) is 6.08. The Morgan fingerprint density at radius 1 is 1.65 bits per heavy atom. The maximum atomic E-state index is 9.13. The quantitative estimate of drug-likeness (QED) is 0.788. The average molecular weight is 252 g/mol. The highest BCUT2D eigenvalue weighted by Crippen LogP contribution is 2.22. The lowest BCUT2D eigenvalue weighted by molar-refractivity contribution is 0.450. The van der Waals surface area contributed by atoms with E-state index in [9.17, 15) is 0 Å². The molecule has 1 aromatic heterocycles. The molecular formula is C12H20N4S. The van der Waals surface area contributed by atoms with Gasteiger partial charge in [-0.25, -0.2) is 0 Å². The van der Waals surface area contributed by atoms with Crippen molar-refractivity contribution in [2.45, 2.75) is 37.8 Å². The molecule has 1 heterocycles. The number of nitriles is 1. The highest BCUT2D eigenvalue weighted by atomic mass is 32.2. The smallest absolute Gasteiger partial charge is 0.104 e. The molecule has 17 heavy (non-hydrogen) atoms. The molecule has 0 aliphatic rings. The van der Waals surface area contributed by atoms with Gasteiger partial charge in [-0.3, -0.25) is 10.00 Å². The zero-order chi connectivity index (χ0) is 12.9. The van der Waals surface area contributed by atoms with Gasteiger partial charge in [-0.05, 0) is 32.9 Å². The lowest BCUT2D eigenvalue weighted by Crippen LogP contribution is -2.41. The number of aryl methyl sites for hydroxylation is 2. The Morgan fingerprint density at radius 2 is 2.35 bits per heavy atom. The van der Waals surface area contributed by atoms with Crippen molar-refractivity contribution < 1.29 is 0 Å². The van der Waals surface area contributed by atoms with E-state index in [0.29, 0.717) is 0 Å². The van der Waals surface area contributed by atoms with Gasteiger partial charge in [0.15, 0.2) is 0 Å². The summed E-state index contributed by atoms with van der Waals surface area (Å²) in [6.45, 7) is 6.78. The van der Waals surface area contributed by atoms with E-state index in [4.69, 9.17) is 5.26 Å². The van der Waals surface area contributed by atoms with E-state index in [1.807, 2.05) is 32.5 Å². The van der Waals surface area contributed by atoms with E-state index >= 15 is 0 Å². The molecule has 5 heteroatoms. The zero-order valence-corrected chi connectivity index (χ0v) is 11.8. The summed E-state index contributed by atoms with van der Waals surface area (Å²) in [5, 5.41) is 17.8. The van der Waals surface area contributed by atoms with Crippen LogP contribution in [0.3, 0.4) is 0 Å². The summed E-state index contributed by atoms with van der Waals surface area (Å²) >= 11 is 1.75. The van der Waals surface area contributed by atoms with E-state index < -0.39 is 5.54 Å². The van der Waals surface area contributed by atoms with Crippen molar-refractivity contribution in [1.29, 1.82) is 5.26 Å². The number of rotatable bonds is 6. The SMILES string of the molecule is CCNC(C)(C#N)CCSc1cc(C)nn1C. The van der Waals surface area contributed by atoms with Crippen LogP contribution in [-0.2, 0) is 7.05 Å². The average Bonchev–Trinajstić information content (AvgIpc) is 2.58. The highest BCUT2D eigenvalue weighted by molar-refractivity contribution is 7.99. The topological polar surface area (TPSA) is 53.6 Å². The van der Waals surface area contributed by atoms with Crippen LogP contribution in [0.25, 0.3) is 0 Å². The first-order chi connectivity index (χ1) is 8.00. The molecule has 4 nitrogen and oxygen atoms in total. The minimum atomic E-state index is -0.421. The number of aromatic nitrogens is 2. The van der Waals surface area contributed by atoms with Gasteiger partial charge in [-0.15, -0.1) is 11.8 Å². The number of hydrogen-bond acceptors (Lipinski definition) is 4. The van der Waals surface area contributed by atoms with E-state index in [2.05, 4.69) is 22.6 Å². The van der Waals surface area contributed by atoms with E-state index in [0.717, 1.165) is 29.4 Å². The van der Waals surface area contributed by atoms with Crippen molar-refractivity contribution >= 4 is 11.8 Å². The van der Waals surface area contributed by atoms with E-state index in [-0.39, 0.29) is 0 Å². The predicted molar refractivity (Wildman–Crippen MR) is 71.0 cm³/mol. The van der Waals surface area contributed by atoms with Crippen molar-refractivity contribution in [3.63, 3.8) is 0 Å². The molecule has 1 aromatic rings. The Hall–Kier alpha value is -0.990. The van der Waals surface area contributed by atoms with Gasteiger partial charge in [-0.1, -0.05) is 6.92 Å². The van der Waals surface area contributed by atoms with Crippen molar-refractivity contribution in [1.82, 2.24) is 15.1 Å². The van der Waals surface area contributed by atoms with Gasteiger partial charge in [0, 0.05) is 12.8 Å². The van der Waals surface area contributed by atoms with Crippen molar-refractivity contribution in [2.24, 2.45) is 7.05 Å². The molecule has 1 atom stereocenters. The minimum absolute atomic E-state index is 0.421. The molecule has 0 saturated carbocycles. The van der Waals surface area contributed by atoms with E-state index in [1.165, 1.54) is 0 Å². The number of nitrogens with one attached hydrogen (secondary N) is 1. The Kier molecular flexibility index (Phi) is 5.03. The Bertz CT molecular complexity index is 407. The van der Waals surface area contributed by atoms with Gasteiger partial charge in [0.25, 0.3) is 0 Å².